The molecule has 0 radical (unpaired) electrons. The van der Waals surface area contributed by atoms with Crippen molar-refractivity contribution >= 4 is 5.69 Å². The molecule has 2 rings (SSSR count). The van der Waals surface area contributed by atoms with Crippen LogP contribution in [0.4, 0.5) is 5.69 Å². The van der Waals surface area contributed by atoms with E-state index in [0.717, 1.165) is 6.54 Å². The van der Waals surface area contributed by atoms with E-state index in [4.69, 9.17) is 4.42 Å². The van der Waals surface area contributed by atoms with Crippen LogP contribution in [-0.4, -0.2) is 28.7 Å². The van der Waals surface area contributed by atoms with E-state index in [1.807, 2.05) is 7.05 Å². The van der Waals surface area contributed by atoms with E-state index in [0.29, 0.717) is 23.8 Å². The highest BCUT2D eigenvalue weighted by atomic mass is 16.6. The van der Waals surface area contributed by atoms with Crippen LogP contribution in [0, 0.1) is 10.1 Å². The average Bonchev–Trinajstić information content (AvgIpc) is 2.85. The second kappa shape index (κ2) is 5.37. The molecule has 0 bridgehead atoms. The van der Waals surface area contributed by atoms with Gasteiger partial charge in [0.2, 0.25) is 11.8 Å². The fraction of sp³-hybridized carbons (Fsp3) is 0.273. The second-order valence-electron chi connectivity index (χ2n) is 3.66. The van der Waals surface area contributed by atoms with Crippen LogP contribution >= 0.6 is 0 Å². The maximum absolute atomic E-state index is 10.7. The Kier molecular flexibility index (Phi) is 3.63. The lowest BCUT2D eigenvalue weighted by Gasteiger charge is -1.95. The summed E-state index contributed by atoms with van der Waals surface area (Å²) >= 11 is 0. The number of hydrogen-bond acceptors (Lipinski definition) is 6. The zero-order chi connectivity index (χ0) is 13.0. The van der Waals surface area contributed by atoms with Gasteiger partial charge in [-0.2, -0.15) is 0 Å². The van der Waals surface area contributed by atoms with Crippen molar-refractivity contribution in [3.05, 3.63) is 40.3 Å². The fourth-order valence-electron chi connectivity index (χ4n) is 1.46. The highest BCUT2D eigenvalue weighted by Gasteiger charge is 2.12. The van der Waals surface area contributed by atoms with Gasteiger partial charge < -0.3 is 9.73 Å². The topological polar surface area (TPSA) is 94.1 Å². The van der Waals surface area contributed by atoms with Gasteiger partial charge in [-0.1, -0.05) is 6.07 Å². The van der Waals surface area contributed by atoms with Crippen molar-refractivity contribution < 1.29 is 9.34 Å². The van der Waals surface area contributed by atoms with Crippen LogP contribution < -0.4 is 5.32 Å². The van der Waals surface area contributed by atoms with Crippen LogP contribution in [0.5, 0.6) is 0 Å². The molecule has 0 aliphatic carbocycles. The van der Waals surface area contributed by atoms with E-state index < -0.39 is 4.92 Å². The highest BCUT2D eigenvalue weighted by Crippen LogP contribution is 2.22. The Bertz CT molecular complexity index is 553. The standard InChI is InChI=1S/C11H12N4O3/c1-12-6-5-10-13-14-11(18-10)8-3-2-4-9(7-8)15(16)17/h2-4,7,12H,5-6H2,1H3. The monoisotopic (exact) mass is 248 g/mol. The Hall–Kier alpha value is -2.28. The molecule has 2 aromatic rings. The normalized spacial score (nSPS) is 10.5. The minimum absolute atomic E-state index is 0.00229. The van der Waals surface area contributed by atoms with Gasteiger partial charge in [-0.3, -0.25) is 10.1 Å². The summed E-state index contributed by atoms with van der Waals surface area (Å²) in [6.07, 6.45) is 0.623. The van der Waals surface area contributed by atoms with E-state index in [9.17, 15) is 10.1 Å². The maximum Gasteiger partial charge on any atom is 0.270 e. The number of non-ortho nitro benzene ring substituents is 1. The largest absolute Gasteiger partial charge is 0.421 e. The zero-order valence-corrected chi connectivity index (χ0v) is 9.79. The van der Waals surface area contributed by atoms with Gasteiger partial charge in [0.15, 0.2) is 0 Å². The Balaban J connectivity index is 2.23. The van der Waals surface area contributed by atoms with Gasteiger partial charge in [0.05, 0.1) is 4.92 Å². The molecule has 0 aliphatic rings. The van der Waals surface area contributed by atoms with Gasteiger partial charge in [0, 0.05) is 30.7 Å². The first kappa shape index (κ1) is 12.2. The van der Waals surface area contributed by atoms with Gasteiger partial charge in [-0.05, 0) is 13.1 Å². The fourth-order valence-corrected chi connectivity index (χ4v) is 1.46. The number of aromatic nitrogens is 2. The van der Waals surface area contributed by atoms with Crippen molar-refractivity contribution in [2.45, 2.75) is 6.42 Å². The molecule has 1 aromatic heterocycles. The molecular weight excluding hydrogens is 236 g/mol. The first-order chi connectivity index (χ1) is 8.70. The van der Waals surface area contributed by atoms with Crippen molar-refractivity contribution in [1.82, 2.24) is 15.5 Å². The SMILES string of the molecule is CNCCc1nnc(-c2cccc([N+](=O)[O-])c2)o1. The Labute approximate surface area is 103 Å². The lowest BCUT2D eigenvalue weighted by atomic mass is 10.2. The summed E-state index contributed by atoms with van der Waals surface area (Å²) in [5, 5.41) is 21.4. The molecule has 7 nitrogen and oxygen atoms in total. The van der Waals surface area contributed by atoms with E-state index in [2.05, 4.69) is 15.5 Å². The molecule has 18 heavy (non-hydrogen) atoms. The third kappa shape index (κ3) is 2.69. The summed E-state index contributed by atoms with van der Waals surface area (Å²) in [5.74, 6) is 0.802. The summed E-state index contributed by atoms with van der Waals surface area (Å²) in [5.41, 5.74) is 0.551. The van der Waals surface area contributed by atoms with Gasteiger partial charge in [0.25, 0.3) is 5.69 Å². The van der Waals surface area contributed by atoms with Crippen LogP contribution in [0.15, 0.2) is 28.7 Å². The van der Waals surface area contributed by atoms with Crippen LogP contribution in [0.1, 0.15) is 5.89 Å². The van der Waals surface area contributed by atoms with Gasteiger partial charge in [-0.15, -0.1) is 10.2 Å². The lowest BCUT2D eigenvalue weighted by Crippen LogP contribution is -2.10. The third-order valence-corrected chi connectivity index (χ3v) is 2.36. The van der Waals surface area contributed by atoms with Crippen LogP contribution in [-0.2, 0) is 6.42 Å². The average molecular weight is 248 g/mol. The number of nitrogens with one attached hydrogen (secondary N) is 1. The summed E-state index contributed by atoms with van der Waals surface area (Å²) in [4.78, 5) is 10.2. The van der Waals surface area contributed by atoms with Crippen LogP contribution in [0.25, 0.3) is 11.5 Å². The minimum Gasteiger partial charge on any atom is -0.421 e. The van der Waals surface area contributed by atoms with Crippen molar-refractivity contribution in [1.29, 1.82) is 0 Å². The summed E-state index contributed by atoms with van der Waals surface area (Å²) in [6.45, 7) is 0.733. The predicted octanol–water partition coefficient (Wildman–Crippen LogP) is 1.41. The number of nitro groups is 1. The third-order valence-electron chi connectivity index (χ3n) is 2.36. The summed E-state index contributed by atoms with van der Waals surface area (Å²) < 4.78 is 5.42. The molecule has 1 N–H and O–H groups in total. The molecular formula is C11H12N4O3. The first-order valence-corrected chi connectivity index (χ1v) is 5.42. The van der Waals surface area contributed by atoms with Gasteiger partial charge >= 0.3 is 0 Å². The molecule has 0 atom stereocenters. The minimum atomic E-state index is -0.457. The van der Waals surface area contributed by atoms with Crippen molar-refractivity contribution in [3.63, 3.8) is 0 Å². The van der Waals surface area contributed by atoms with Crippen LogP contribution in [0.2, 0.25) is 0 Å². The van der Waals surface area contributed by atoms with Crippen molar-refractivity contribution in [2.75, 3.05) is 13.6 Å². The molecule has 7 heteroatoms. The first-order valence-electron chi connectivity index (χ1n) is 5.42. The van der Waals surface area contributed by atoms with Crippen molar-refractivity contribution in [3.8, 4) is 11.5 Å². The summed E-state index contributed by atoms with van der Waals surface area (Å²) in [6, 6.07) is 6.12. The number of nitrogens with zero attached hydrogens (tertiary/aromatic N) is 3. The molecule has 0 spiro atoms. The van der Waals surface area contributed by atoms with Crippen LogP contribution in [0.3, 0.4) is 0 Å². The van der Waals surface area contributed by atoms with Gasteiger partial charge in [-0.25, -0.2) is 0 Å². The number of likely N-dealkylation sites (N-methyl/N-ethyl adjacent to an activating group) is 1. The molecule has 0 fully saturated rings. The van der Waals surface area contributed by atoms with E-state index in [-0.39, 0.29) is 5.69 Å². The Morgan fingerprint density at radius 2 is 2.28 bits per heavy atom. The number of nitro benzene ring substituents is 1. The Morgan fingerprint density at radius 1 is 1.44 bits per heavy atom. The van der Waals surface area contributed by atoms with E-state index >= 15 is 0 Å². The summed E-state index contributed by atoms with van der Waals surface area (Å²) in [7, 11) is 1.83. The molecule has 0 amide bonds. The Morgan fingerprint density at radius 3 is 3.00 bits per heavy atom. The number of rotatable bonds is 5. The lowest BCUT2D eigenvalue weighted by molar-refractivity contribution is -0.384. The maximum atomic E-state index is 10.7. The molecule has 0 saturated heterocycles. The van der Waals surface area contributed by atoms with E-state index in [1.54, 1.807) is 12.1 Å². The molecule has 0 unspecified atom stereocenters. The smallest absolute Gasteiger partial charge is 0.270 e. The molecule has 94 valence electrons. The van der Waals surface area contributed by atoms with E-state index in [1.165, 1.54) is 12.1 Å². The predicted molar refractivity (Wildman–Crippen MR) is 64.0 cm³/mol. The molecule has 0 saturated carbocycles. The molecule has 1 aromatic carbocycles. The van der Waals surface area contributed by atoms with Gasteiger partial charge in [0.1, 0.15) is 0 Å². The highest BCUT2D eigenvalue weighted by molar-refractivity contribution is 5.57. The number of benzene rings is 1. The molecule has 0 aliphatic heterocycles. The zero-order valence-electron chi connectivity index (χ0n) is 9.79. The second-order valence-corrected chi connectivity index (χ2v) is 3.66. The van der Waals surface area contributed by atoms with Crippen molar-refractivity contribution in [2.24, 2.45) is 0 Å². The quantitative estimate of drug-likeness (QED) is 0.635. The molecule has 1 heterocycles. The number of hydrogen-bond donors (Lipinski definition) is 1.